The van der Waals surface area contributed by atoms with Crippen LogP contribution < -0.4 is 15.4 Å². The average molecular weight is 322 g/mol. The molecule has 0 saturated carbocycles. The number of ether oxygens (including phenoxy) is 1. The molecule has 1 rings (SSSR count). The second-order valence-electron chi connectivity index (χ2n) is 5.65. The van der Waals surface area contributed by atoms with Crippen molar-refractivity contribution in [2.24, 2.45) is 0 Å². The van der Waals surface area contributed by atoms with Gasteiger partial charge in [0.1, 0.15) is 18.5 Å². The molecule has 6 heteroatoms. The molecule has 0 fully saturated rings. The smallest absolute Gasteiger partial charge is 0.220 e. The first-order valence-electron chi connectivity index (χ1n) is 7.80. The molecule has 0 saturated heterocycles. The Labute approximate surface area is 137 Å². The fraction of sp³-hybridized carbons (Fsp3) is 0.529. The summed E-state index contributed by atoms with van der Waals surface area (Å²) in [5.74, 6) is 0.361. The molecule has 6 nitrogen and oxygen atoms in total. The Morgan fingerprint density at radius 1 is 1.17 bits per heavy atom. The summed E-state index contributed by atoms with van der Waals surface area (Å²) in [7, 11) is 1.55. The maximum Gasteiger partial charge on any atom is 0.220 e. The van der Waals surface area contributed by atoms with Gasteiger partial charge in [0.15, 0.2) is 5.78 Å². The number of benzene rings is 1. The molecule has 23 heavy (non-hydrogen) atoms. The molecule has 0 radical (unpaired) electrons. The first-order valence-corrected chi connectivity index (χ1v) is 7.80. The van der Waals surface area contributed by atoms with Crippen molar-refractivity contribution < 1.29 is 19.4 Å². The van der Waals surface area contributed by atoms with Crippen LogP contribution in [0.1, 0.15) is 37.0 Å². The first-order chi connectivity index (χ1) is 10.9. The topological polar surface area (TPSA) is 87.7 Å². The third kappa shape index (κ3) is 7.76. The van der Waals surface area contributed by atoms with E-state index in [0.29, 0.717) is 23.9 Å². The predicted octanol–water partition coefficient (Wildman–Crippen LogP) is 1.13. The van der Waals surface area contributed by atoms with E-state index >= 15 is 0 Å². The van der Waals surface area contributed by atoms with Gasteiger partial charge in [-0.1, -0.05) is 13.8 Å². The van der Waals surface area contributed by atoms with Crippen molar-refractivity contribution in [2.75, 3.05) is 20.2 Å². The molecule has 1 aromatic rings. The van der Waals surface area contributed by atoms with Crippen molar-refractivity contribution in [2.45, 2.75) is 38.8 Å². The number of carbonyl (C=O) groups excluding carboxylic acids is 2. The third-order valence-corrected chi connectivity index (χ3v) is 3.24. The lowest BCUT2D eigenvalue weighted by atomic mass is 10.1. The number of hydrogen-bond donors (Lipinski definition) is 3. The Balaban J connectivity index is 2.41. The van der Waals surface area contributed by atoms with Gasteiger partial charge in [-0.3, -0.25) is 9.59 Å². The number of rotatable bonds is 10. The molecule has 0 aromatic heterocycles. The van der Waals surface area contributed by atoms with E-state index in [1.54, 1.807) is 31.3 Å². The number of aliphatic hydroxyl groups excluding tert-OH is 1. The molecule has 128 valence electrons. The molecule has 0 aliphatic carbocycles. The second kappa shape index (κ2) is 9.97. The van der Waals surface area contributed by atoms with Gasteiger partial charge in [-0.05, 0) is 24.3 Å². The first kappa shape index (κ1) is 19.1. The second-order valence-corrected chi connectivity index (χ2v) is 5.65. The van der Waals surface area contributed by atoms with Crippen molar-refractivity contribution in [3.63, 3.8) is 0 Å². The number of Topliss-reactive ketones (excluding diaryl/α,β-unsaturated/α-hetero) is 1. The zero-order chi connectivity index (χ0) is 17.2. The maximum absolute atomic E-state index is 11.9. The van der Waals surface area contributed by atoms with Crippen LogP contribution in [0, 0.1) is 0 Å². The van der Waals surface area contributed by atoms with E-state index < -0.39 is 6.10 Å². The zero-order valence-corrected chi connectivity index (χ0v) is 14.0. The van der Waals surface area contributed by atoms with E-state index in [9.17, 15) is 14.7 Å². The van der Waals surface area contributed by atoms with E-state index in [1.165, 1.54) is 0 Å². The molecule has 1 atom stereocenters. The number of amides is 1. The zero-order valence-electron chi connectivity index (χ0n) is 14.0. The van der Waals surface area contributed by atoms with Gasteiger partial charge in [-0.15, -0.1) is 0 Å². The molecule has 1 amide bonds. The summed E-state index contributed by atoms with van der Waals surface area (Å²) in [4.78, 5) is 23.1. The van der Waals surface area contributed by atoms with Gasteiger partial charge in [0.25, 0.3) is 0 Å². The molecule has 3 N–H and O–H groups in total. The number of nitrogens with one attached hydrogen (secondary N) is 2. The summed E-state index contributed by atoms with van der Waals surface area (Å²) in [5, 5.41) is 15.4. The minimum Gasteiger partial charge on any atom is -0.491 e. The van der Waals surface area contributed by atoms with E-state index in [-0.39, 0.29) is 31.1 Å². The van der Waals surface area contributed by atoms with Crippen LogP contribution in [0.5, 0.6) is 5.75 Å². The highest BCUT2D eigenvalue weighted by Crippen LogP contribution is 2.14. The molecule has 0 aliphatic heterocycles. The van der Waals surface area contributed by atoms with Crippen molar-refractivity contribution in [1.82, 2.24) is 10.6 Å². The Morgan fingerprint density at radius 2 is 1.83 bits per heavy atom. The summed E-state index contributed by atoms with van der Waals surface area (Å²) in [6, 6.07) is 7.02. The van der Waals surface area contributed by atoms with Crippen LogP contribution in [0.4, 0.5) is 0 Å². The number of aliphatic hydroxyl groups is 1. The molecular weight excluding hydrogens is 296 g/mol. The maximum atomic E-state index is 11.9. The van der Waals surface area contributed by atoms with E-state index in [0.717, 1.165) is 0 Å². The Morgan fingerprint density at radius 3 is 2.39 bits per heavy atom. The van der Waals surface area contributed by atoms with Crippen LogP contribution in [0.15, 0.2) is 24.3 Å². The minimum absolute atomic E-state index is 0.0821. The lowest BCUT2D eigenvalue weighted by Gasteiger charge is -2.15. The van der Waals surface area contributed by atoms with Gasteiger partial charge in [0.05, 0.1) is 0 Å². The number of ketones is 1. The van der Waals surface area contributed by atoms with Gasteiger partial charge in [0.2, 0.25) is 5.91 Å². The van der Waals surface area contributed by atoms with E-state index in [2.05, 4.69) is 10.6 Å². The minimum atomic E-state index is -0.591. The van der Waals surface area contributed by atoms with Gasteiger partial charge >= 0.3 is 0 Å². The van der Waals surface area contributed by atoms with E-state index in [1.807, 2.05) is 13.8 Å². The highest BCUT2D eigenvalue weighted by molar-refractivity contribution is 5.98. The molecular formula is C17H26N2O4. The van der Waals surface area contributed by atoms with Crippen molar-refractivity contribution in [3.8, 4) is 5.75 Å². The highest BCUT2D eigenvalue weighted by Gasteiger charge is 2.09. The largest absolute Gasteiger partial charge is 0.491 e. The lowest BCUT2D eigenvalue weighted by molar-refractivity contribution is -0.120. The van der Waals surface area contributed by atoms with E-state index in [4.69, 9.17) is 4.74 Å². The highest BCUT2D eigenvalue weighted by atomic mass is 16.5. The van der Waals surface area contributed by atoms with Crippen LogP contribution in [0.25, 0.3) is 0 Å². The van der Waals surface area contributed by atoms with Gasteiger partial charge in [-0.2, -0.15) is 0 Å². The Hall–Kier alpha value is -1.92. The monoisotopic (exact) mass is 322 g/mol. The van der Waals surface area contributed by atoms with Crippen molar-refractivity contribution in [3.05, 3.63) is 29.8 Å². The van der Waals surface area contributed by atoms with Crippen molar-refractivity contribution in [1.29, 1.82) is 0 Å². The summed E-state index contributed by atoms with van der Waals surface area (Å²) >= 11 is 0. The summed E-state index contributed by atoms with van der Waals surface area (Å²) in [5.41, 5.74) is 0.545. The van der Waals surface area contributed by atoms with Gasteiger partial charge in [0, 0.05) is 38.0 Å². The van der Waals surface area contributed by atoms with Gasteiger partial charge in [-0.25, -0.2) is 0 Å². The number of carbonyl (C=O) groups is 2. The van der Waals surface area contributed by atoms with Crippen molar-refractivity contribution >= 4 is 11.7 Å². The molecule has 1 unspecified atom stereocenters. The fourth-order valence-electron chi connectivity index (χ4n) is 1.86. The summed E-state index contributed by atoms with van der Waals surface area (Å²) in [6.07, 6.45) is -0.228. The average Bonchev–Trinajstić information content (AvgIpc) is 2.55. The standard InChI is InChI=1S/C17H26N2O4/c1-12(2)19-10-14(20)11-23-15-6-4-13(5-7-15)16(21)8-9-17(22)18-3/h4-7,12,14,19-20H,8-11H2,1-3H3,(H,18,22). The molecule has 0 heterocycles. The third-order valence-electron chi connectivity index (χ3n) is 3.24. The van der Waals surface area contributed by atoms with Gasteiger partial charge < -0.3 is 20.5 Å². The van der Waals surface area contributed by atoms with Crippen LogP contribution in [0.3, 0.4) is 0 Å². The fourth-order valence-corrected chi connectivity index (χ4v) is 1.86. The number of hydrogen-bond acceptors (Lipinski definition) is 5. The predicted molar refractivity (Wildman–Crippen MR) is 88.7 cm³/mol. The van der Waals surface area contributed by atoms with Crippen LogP contribution in [0.2, 0.25) is 0 Å². The molecule has 1 aromatic carbocycles. The molecule has 0 spiro atoms. The van der Waals surface area contributed by atoms with Crippen LogP contribution in [-0.2, 0) is 4.79 Å². The molecule has 0 aliphatic rings. The quantitative estimate of drug-likeness (QED) is 0.562. The molecule has 0 bridgehead atoms. The SMILES string of the molecule is CNC(=O)CCC(=O)c1ccc(OCC(O)CNC(C)C)cc1. The summed E-state index contributed by atoms with van der Waals surface area (Å²) < 4.78 is 5.48. The normalized spacial score (nSPS) is 12.0. The Kier molecular flexibility index (Phi) is 8.29. The lowest BCUT2D eigenvalue weighted by Crippen LogP contribution is -2.35. The Bertz CT molecular complexity index is 500. The van der Waals surface area contributed by atoms with Crippen LogP contribution in [-0.4, -0.2) is 49.1 Å². The van der Waals surface area contributed by atoms with Crippen LogP contribution >= 0.6 is 0 Å². The summed E-state index contributed by atoms with van der Waals surface area (Å²) in [6.45, 7) is 4.66.